The number of rotatable bonds is 4. The van der Waals surface area contributed by atoms with Crippen molar-refractivity contribution >= 4 is 23.2 Å². The normalized spacial score (nSPS) is 10.2. The number of hydrogen-bond acceptors (Lipinski definition) is 4. The number of halogens is 1. The minimum atomic E-state index is -0.393. The van der Waals surface area contributed by atoms with Crippen molar-refractivity contribution in [2.24, 2.45) is 0 Å². The molecule has 1 aromatic carbocycles. The first-order valence-corrected chi connectivity index (χ1v) is 6.55. The molecule has 0 bridgehead atoms. The van der Waals surface area contributed by atoms with E-state index in [1.54, 1.807) is 31.2 Å². The average Bonchev–Trinajstić information content (AvgIpc) is 2.43. The van der Waals surface area contributed by atoms with Gasteiger partial charge in [-0.3, -0.25) is 9.59 Å². The van der Waals surface area contributed by atoms with E-state index in [9.17, 15) is 9.59 Å². The zero-order chi connectivity index (χ0) is 15.4. The molecule has 0 unspecified atom stereocenters. The Balaban J connectivity index is 2.17. The molecule has 1 amide bonds. The van der Waals surface area contributed by atoms with Crippen LogP contribution in [0.4, 0.5) is 5.69 Å². The molecule has 0 atom stereocenters. The van der Waals surface area contributed by atoms with Crippen LogP contribution in [0.25, 0.3) is 0 Å². The highest BCUT2D eigenvalue weighted by Crippen LogP contribution is 2.27. The van der Waals surface area contributed by atoms with Crippen molar-refractivity contribution < 1.29 is 9.53 Å². The largest absolute Gasteiger partial charge is 0.495 e. The van der Waals surface area contributed by atoms with Crippen molar-refractivity contribution in [3.63, 3.8) is 0 Å². The van der Waals surface area contributed by atoms with Crippen LogP contribution >= 0.6 is 11.6 Å². The number of carbonyl (C=O) groups is 1. The third-order valence-electron chi connectivity index (χ3n) is 2.73. The summed E-state index contributed by atoms with van der Waals surface area (Å²) in [5.74, 6) is 0.0908. The summed E-state index contributed by atoms with van der Waals surface area (Å²) < 4.78 is 6.24. The summed E-state index contributed by atoms with van der Waals surface area (Å²) in [7, 11) is 1.49. The lowest BCUT2D eigenvalue weighted by Gasteiger charge is -2.11. The van der Waals surface area contributed by atoms with Crippen molar-refractivity contribution in [2.45, 2.75) is 13.5 Å². The number of methoxy groups -OCH3 is 1. The Kier molecular flexibility index (Phi) is 4.59. The number of nitrogens with zero attached hydrogens (tertiary/aromatic N) is 2. The van der Waals surface area contributed by atoms with Gasteiger partial charge in [-0.2, -0.15) is 5.10 Å². The molecule has 6 nitrogen and oxygen atoms in total. The second-order valence-corrected chi connectivity index (χ2v) is 4.80. The second-order valence-electron chi connectivity index (χ2n) is 4.36. The van der Waals surface area contributed by atoms with Gasteiger partial charge in [-0.1, -0.05) is 11.6 Å². The lowest BCUT2D eigenvalue weighted by molar-refractivity contribution is -0.117. The lowest BCUT2D eigenvalue weighted by atomic mass is 10.3. The molecule has 0 aliphatic rings. The van der Waals surface area contributed by atoms with Gasteiger partial charge in [-0.05, 0) is 31.2 Å². The quantitative estimate of drug-likeness (QED) is 0.935. The number of hydrogen-bond donors (Lipinski definition) is 1. The number of nitrogens with one attached hydrogen (secondary N) is 1. The van der Waals surface area contributed by atoms with Gasteiger partial charge in [0, 0.05) is 11.1 Å². The number of aromatic nitrogens is 2. The maximum absolute atomic E-state index is 12.0. The summed E-state index contributed by atoms with van der Waals surface area (Å²) in [6, 6.07) is 7.84. The average molecular weight is 308 g/mol. The molecule has 21 heavy (non-hydrogen) atoms. The predicted octanol–water partition coefficient (Wildman–Crippen LogP) is 1.85. The fraction of sp³-hybridized carbons (Fsp3) is 0.214. The Morgan fingerprint density at radius 1 is 1.38 bits per heavy atom. The van der Waals surface area contributed by atoms with Crippen LogP contribution in [0.5, 0.6) is 5.75 Å². The third kappa shape index (κ3) is 3.82. The smallest absolute Gasteiger partial charge is 0.267 e. The monoisotopic (exact) mass is 307 g/mol. The van der Waals surface area contributed by atoms with Crippen molar-refractivity contribution in [3.8, 4) is 5.75 Å². The fourth-order valence-corrected chi connectivity index (χ4v) is 1.94. The highest BCUT2D eigenvalue weighted by atomic mass is 35.5. The van der Waals surface area contributed by atoms with E-state index in [-0.39, 0.29) is 12.1 Å². The molecule has 2 rings (SSSR count). The number of aryl methyl sites for hydroxylation is 1. The zero-order valence-electron chi connectivity index (χ0n) is 11.6. The van der Waals surface area contributed by atoms with Crippen LogP contribution < -0.4 is 15.6 Å². The van der Waals surface area contributed by atoms with Gasteiger partial charge < -0.3 is 10.1 Å². The van der Waals surface area contributed by atoms with E-state index in [1.807, 2.05) is 0 Å². The van der Waals surface area contributed by atoms with E-state index < -0.39 is 5.91 Å². The standard InChI is InChI=1S/C14H14ClN3O3/c1-9-3-6-14(20)18(17-9)8-13(19)16-11-7-10(15)4-5-12(11)21-2/h3-7H,8H2,1-2H3,(H,16,19). The maximum Gasteiger partial charge on any atom is 0.267 e. The van der Waals surface area contributed by atoms with E-state index in [4.69, 9.17) is 16.3 Å². The maximum atomic E-state index is 12.0. The van der Waals surface area contributed by atoms with Gasteiger partial charge in [-0.25, -0.2) is 4.68 Å². The molecule has 0 saturated heterocycles. The molecule has 0 aliphatic heterocycles. The topological polar surface area (TPSA) is 73.2 Å². The fourth-order valence-electron chi connectivity index (χ4n) is 1.77. The summed E-state index contributed by atoms with van der Waals surface area (Å²) in [6.07, 6.45) is 0. The third-order valence-corrected chi connectivity index (χ3v) is 2.96. The van der Waals surface area contributed by atoms with E-state index in [0.29, 0.717) is 22.2 Å². The van der Waals surface area contributed by atoms with E-state index in [0.717, 1.165) is 4.68 Å². The number of anilines is 1. The van der Waals surface area contributed by atoms with Gasteiger partial charge in [0.15, 0.2) is 0 Å². The highest BCUT2D eigenvalue weighted by molar-refractivity contribution is 6.31. The van der Waals surface area contributed by atoms with E-state index in [1.165, 1.54) is 13.2 Å². The SMILES string of the molecule is COc1ccc(Cl)cc1NC(=O)Cn1nc(C)ccc1=O. The lowest BCUT2D eigenvalue weighted by Crippen LogP contribution is -2.29. The molecular formula is C14H14ClN3O3. The Hall–Kier alpha value is -2.34. The van der Waals surface area contributed by atoms with Crippen LogP contribution in [-0.2, 0) is 11.3 Å². The van der Waals surface area contributed by atoms with Crippen molar-refractivity contribution in [1.82, 2.24) is 9.78 Å². The minimum Gasteiger partial charge on any atom is -0.495 e. The van der Waals surface area contributed by atoms with Crippen LogP contribution in [0.15, 0.2) is 35.1 Å². The van der Waals surface area contributed by atoms with Gasteiger partial charge >= 0.3 is 0 Å². The molecule has 0 saturated carbocycles. The Labute approximate surface area is 126 Å². The van der Waals surface area contributed by atoms with Crippen LogP contribution in [0, 0.1) is 6.92 Å². The molecule has 1 heterocycles. The summed E-state index contributed by atoms with van der Waals surface area (Å²) in [5, 5.41) is 7.12. The minimum absolute atomic E-state index is 0.184. The molecule has 0 radical (unpaired) electrons. The van der Waals surface area contributed by atoms with E-state index >= 15 is 0 Å². The molecule has 0 fully saturated rings. The molecule has 110 valence electrons. The van der Waals surface area contributed by atoms with Crippen LogP contribution in [-0.4, -0.2) is 22.8 Å². The van der Waals surface area contributed by atoms with Crippen LogP contribution in [0.3, 0.4) is 0 Å². The molecule has 0 aliphatic carbocycles. The Morgan fingerprint density at radius 3 is 2.86 bits per heavy atom. The van der Waals surface area contributed by atoms with Gasteiger partial charge in [0.05, 0.1) is 18.5 Å². The molecule has 1 N–H and O–H groups in total. The van der Waals surface area contributed by atoms with Gasteiger partial charge in [-0.15, -0.1) is 0 Å². The van der Waals surface area contributed by atoms with Gasteiger partial charge in [0.25, 0.3) is 5.56 Å². The van der Waals surface area contributed by atoms with Crippen molar-refractivity contribution in [2.75, 3.05) is 12.4 Å². The summed E-state index contributed by atoms with van der Waals surface area (Å²) in [5.41, 5.74) is 0.757. The molecule has 2 aromatic rings. The summed E-state index contributed by atoms with van der Waals surface area (Å²) >= 11 is 5.89. The Bertz CT molecular complexity index is 728. The van der Waals surface area contributed by atoms with Crippen molar-refractivity contribution in [1.29, 1.82) is 0 Å². The first-order valence-electron chi connectivity index (χ1n) is 6.18. The van der Waals surface area contributed by atoms with Crippen LogP contribution in [0.1, 0.15) is 5.69 Å². The molecular weight excluding hydrogens is 294 g/mol. The summed E-state index contributed by atoms with van der Waals surface area (Å²) in [6.45, 7) is 1.56. The number of carbonyl (C=O) groups excluding carboxylic acids is 1. The molecule has 7 heteroatoms. The number of benzene rings is 1. The Morgan fingerprint density at radius 2 is 2.14 bits per heavy atom. The van der Waals surface area contributed by atoms with Crippen molar-refractivity contribution in [3.05, 3.63) is 51.4 Å². The predicted molar refractivity (Wildman–Crippen MR) is 79.9 cm³/mol. The molecule has 0 spiro atoms. The first-order chi connectivity index (χ1) is 9.99. The van der Waals surface area contributed by atoms with Crippen LogP contribution in [0.2, 0.25) is 5.02 Å². The molecule has 1 aromatic heterocycles. The zero-order valence-corrected chi connectivity index (χ0v) is 12.3. The van der Waals surface area contributed by atoms with Gasteiger partial charge in [0.1, 0.15) is 12.3 Å². The summed E-state index contributed by atoms with van der Waals surface area (Å²) in [4.78, 5) is 23.6. The first kappa shape index (κ1) is 15.1. The highest BCUT2D eigenvalue weighted by Gasteiger charge is 2.10. The van der Waals surface area contributed by atoms with Gasteiger partial charge in [0.2, 0.25) is 5.91 Å². The number of ether oxygens (including phenoxy) is 1. The number of amides is 1. The second kappa shape index (κ2) is 6.41. The van der Waals surface area contributed by atoms with E-state index in [2.05, 4.69) is 10.4 Å².